The molecule has 5 heteroatoms. The highest BCUT2D eigenvalue weighted by molar-refractivity contribution is 5.87. The molecule has 0 N–H and O–H groups in total. The molecule has 5 nitrogen and oxygen atoms in total. The summed E-state index contributed by atoms with van der Waals surface area (Å²) in [5.74, 6) is -0.342. The molecule has 0 bridgehead atoms. The number of hydrogen-bond donors (Lipinski definition) is 0. The molecule has 1 heterocycles. The number of carbonyl (C=O) groups excluding carboxylic acids is 3. The summed E-state index contributed by atoms with van der Waals surface area (Å²) in [5, 5.41) is 0. The van der Waals surface area contributed by atoms with Gasteiger partial charge in [0.1, 0.15) is 6.29 Å². The summed E-state index contributed by atoms with van der Waals surface area (Å²) in [4.78, 5) is 36.6. The van der Waals surface area contributed by atoms with Crippen LogP contribution in [0.25, 0.3) is 0 Å². The predicted molar refractivity (Wildman–Crippen MR) is 54.1 cm³/mol. The maximum atomic E-state index is 11.6. The minimum atomic E-state index is -0.217. The summed E-state index contributed by atoms with van der Waals surface area (Å²) >= 11 is 0. The first kappa shape index (κ1) is 11.7. The van der Waals surface area contributed by atoms with Crippen molar-refractivity contribution >= 4 is 18.1 Å². The van der Waals surface area contributed by atoms with Crippen LogP contribution in [-0.4, -0.2) is 54.6 Å². The molecule has 1 atom stereocenters. The van der Waals surface area contributed by atoms with E-state index in [9.17, 15) is 14.4 Å². The van der Waals surface area contributed by atoms with Gasteiger partial charge in [-0.15, -0.1) is 0 Å². The Labute approximate surface area is 89.0 Å². The molecular weight excluding hydrogens is 196 g/mol. The van der Waals surface area contributed by atoms with Gasteiger partial charge in [0.15, 0.2) is 0 Å². The summed E-state index contributed by atoms with van der Waals surface area (Å²) in [6.45, 7) is 2.62. The molecule has 0 aromatic carbocycles. The van der Waals surface area contributed by atoms with Crippen molar-refractivity contribution in [3.63, 3.8) is 0 Å². The first-order valence-electron chi connectivity index (χ1n) is 5.01. The standard InChI is InChI=1S/C10H16N2O3/c1-8(7-13)5-12-6-10(15)11(2)4-3-9(12)14/h7-8H,3-6H2,1-2H3. The van der Waals surface area contributed by atoms with Gasteiger partial charge >= 0.3 is 0 Å². The Morgan fingerprint density at radius 2 is 2.07 bits per heavy atom. The van der Waals surface area contributed by atoms with Crippen LogP contribution in [0, 0.1) is 5.92 Å². The SMILES string of the molecule is CC(C=O)CN1CC(=O)N(C)CCC1=O. The monoisotopic (exact) mass is 212 g/mol. The fourth-order valence-electron chi connectivity index (χ4n) is 1.48. The molecule has 15 heavy (non-hydrogen) atoms. The normalized spacial score (nSPS) is 20.1. The van der Waals surface area contributed by atoms with E-state index in [1.54, 1.807) is 18.9 Å². The van der Waals surface area contributed by atoms with Crippen molar-refractivity contribution in [2.75, 3.05) is 26.7 Å². The van der Waals surface area contributed by atoms with Gasteiger partial charge in [0.05, 0.1) is 6.54 Å². The molecule has 0 radical (unpaired) electrons. The van der Waals surface area contributed by atoms with E-state index in [0.717, 1.165) is 6.29 Å². The first-order chi connectivity index (χ1) is 7.04. The van der Waals surface area contributed by atoms with Crippen LogP contribution in [0.5, 0.6) is 0 Å². The van der Waals surface area contributed by atoms with Gasteiger partial charge in [-0.2, -0.15) is 0 Å². The van der Waals surface area contributed by atoms with E-state index in [2.05, 4.69) is 0 Å². The smallest absolute Gasteiger partial charge is 0.241 e. The Balaban J connectivity index is 2.65. The number of carbonyl (C=O) groups is 3. The molecule has 0 aliphatic carbocycles. The van der Waals surface area contributed by atoms with Gasteiger partial charge < -0.3 is 14.6 Å². The van der Waals surface area contributed by atoms with E-state index < -0.39 is 0 Å². The third-order valence-electron chi connectivity index (χ3n) is 2.51. The van der Waals surface area contributed by atoms with Gasteiger partial charge in [-0.05, 0) is 0 Å². The second kappa shape index (κ2) is 4.91. The van der Waals surface area contributed by atoms with Crippen molar-refractivity contribution in [1.29, 1.82) is 0 Å². The molecule has 1 aliphatic heterocycles. The number of nitrogens with zero attached hydrogens (tertiary/aromatic N) is 2. The lowest BCUT2D eigenvalue weighted by atomic mass is 10.2. The highest BCUT2D eigenvalue weighted by Gasteiger charge is 2.25. The van der Waals surface area contributed by atoms with E-state index in [4.69, 9.17) is 0 Å². The summed E-state index contributed by atoms with van der Waals surface area (Å²) in [5.41, 5.74) is 0. The number of amides is 2. The number of aldehydes is 1. The lowest BCUT2D eigenvalue weighted by Crippen LogP contribution is -2.39. The Morgan fingerprint density at radius 3 is 2.67 bits per heavy atom. The van der Waals surface area contributed by atoms with Crippen molar-refractivity contribution in [1.82, 2.24) is 9.80 Å². The molecule has 1 fully saturated rings. The molecule has 1 saturated heterocycles. The van der Waals surface area contributed by atoms with Gasteiger partial charge in [0, 0.05) is 32.5 Å². The zero-order chi connectivity index (χ0) is 11.4. The Bertz CT molecular complexity index is 278. The molecule has 0 aromatic heterocycles. The fourth-order valence-corrected chi connectivity index (χ4v) is 1.48. The maximum absolute atomic E-state index is 11.6. The van der Waals surface area contributed by atoms with E-state index in [0.29, 0.717) is 19.5 Å². The molecule has 1 aliphatic rings. The second-order valence-electron chi connectivity index (χ2n) is 3.95. The lowest BCUT2D eigenvalue weighted by Gasteiger charge is -2.21. The zero-order valence-electron chi connectivity index (χ0n) is 9.10. The Morgan fingerprint density at radius 1 is 1.40 bits per heavy atom. The molecule has 0 saturated carbocycles. The van der Waals surface area contributed by atoms with Gasteiger partial charge in [-0.3, -0.25) is 9.59 Å². The molecule has 0 spiro atoms. The average molecular weight is 212 g/mol. The highest BCUT2D eigenvalue weighted by atomic mass is 16.2. The largest absolute Gasteiger partial charge is 0.344 e. The fraction of sp³-hybridized carbons (Fsp3) is 0.700. The van der Waals surface area contributed by atoms with Crippen LogP contribution in [0.4, 0.5) is 0 Å². The third kappa shape index (κ3) is 3.04. The molecular formula is C10H16N2O3. The average Bonchev–Trinajstić information content (AvgIpc) is 2.33. The summed E-state index contributed by atoms with van der Waals surface area (Å²) in [6.07, 6.45) is 1.14. The number of hydrogen-bond acceptors (Lipinski definition) is 3. The van der Waals surface area contributed by atoms with Crippen LogP contribution in [0.15, 0.2) is 0 Å². The van der Waals surface area contributed by atoms with Crippen LogP contribution >= 0.6 is 0 Å². The van der Waals surface area contributed by atoms with Crippen LogP contribution in [0.3, 0.4) is 0 Å². The number of rotatable bonds is 3. The summed E-state index contributed by atoms with van der Waals surface area (Å²) in [7, 11) is 1.68. The van der Waals surface area contributed by atoms with Gasteiger partial charge in [0.2, 0.25) is 11.8 Å². The first-order valence-corrected chi connectivity index (χ1v) is 5.01. The molecule has 2 amide bonds. The number of likely N-dealkylation sites (N-methyl/N-ethyl adjacent to an activating group) is 1. The van der Waals surface area contributed by atoms with Crippen molar-refractivity contribution in [3.05, 3.63) is 0 Å². The Hall–Kier alpha value is -1.39. The topological polar surface area (TPSA) is 57.7 Å². The van der Waals surface area contributed by atoms with Crippen molar-refractivity contribution in [3.8, 4) is 0 Å². The maximum Gasteiger partial charge on any atom is 0.241 e. The van der Waals surface area contributed by atoms with E-state index >= 15 is 0 Å². The van der Waals surface area contributed by atoms with E-state index in [1.807, 2.05) is 0 Å². The van der Waals surface area contributed by atoms with Crippen molar-refractivity contribution < 1.29 is 14.4 Å². The van der Waals surface area contributed by atoms with Gasteiger partial charge in [0.25, 0.3) is 0 Å². The highest BCUT2D eigenvalue weighted by Crippen LogP contribution is 2.06. The van der Waals surface area contributed by atoms with Crippen LogP contribution in [0.2, 0.25) is 0 Å². The molecule has 1 rings (SSSR count). The van der Waals surface area contributed by atoms with Gasteiger partial charge in [-0.25, -0.2) is 0 Å². The quantitative estimate of drug-likeness (QED) is 0.593. The van der Waals surface area contributed by atoms with Crippen molar-refractivity contribution in [2.24, 2.45) is 5.92 Å². The van der Waals surface area contributed by atoms with E-state index in [1.165, 1.54) is 4.90 Å². The molecule has 1 unspecified atom stereocenters. The van der Waals surface area contributed by atoms with Crippen molar-refractivity contribution in [2.45, 2.75) is 13.3 Å². The minimum Gasteiger partial charge on any atom is -0.344 e. The predicted octanol–water partition coefficient (Wildman–Crippen LogP) is -0.488. The Kier molecular flexibility index (Phi) is 3.82. The molecule has 84 valence electrons. The summed E-state index contributed by atoms with van der Waals surface area (Å²) in [6, 6.07) is 0. The summed E-state index contributed by atoms with van der Waals surface area (Å²) < 4.78 is 0. The lowest BCUT2D eigenvalue weighted by molar-refractivity contribution is -0.136. The molecule has 0 aromatic rings. The van der Waals surface area contributed by atoms with Crippen LogP contribution in [0.1, 0.15) is 13.3 Å². The van der Waals surface area contributed by atoms with E-state index in [-0.39, 0.29) is 24.3 Å². The van der Waals surface area contributed by atoms with Crippen LogP contribution in [-0.2, 0) is 14.4 Å². The third-order valence-corrected chi connectivity index (χ3v) is 2.51. The minimum absolute atomic E-state index is 0.0543. The van der Waals surface area contributed by atoms with Gasteiger partial charge in [-0.1, -0.05) is 6.92 Å². The second-order valence-corrected chi connectivity index (χ2v) is 3.95. The zero-order valence-corrected chi connectivity index (χ0v) is 9.10. The van der Waals surface area contributed by atoms with Crippen LogP contribution < -0.4 is 0 Å².